The number of carbonyl (C=O) groups excluding carboxylic acids is 4. The predicted octanol–water partition coefficient (Wildman–Crippen LogP) is 5.84. The van der Waals surface area contributed by atoms with Gasteiger partial charge in [0.15, 0.2) is 18.1 Å². The molecule has 4 aromatic rings. The molecule has 0 aliphatic carbocycles. The number of thiazole rings is 1. The summed E-state index contributed by atoms with van der Waals surface area (Å²) >= 11 is 1.79. The SMILES string of the molecule is CCOC(=O)c1ccc(NC(=O)COc2ccc([C@@H]3c4sc(=O)[nH]c4S[C@H]4C(=O)N(c5ccccc5C(F)(F)F)C(=O)[C@@H]34)cc2OCC)cc1. The minimum absolute atomic E-state index is 0.183. The van der Waals surface area contributed by atoms with Gasteiger partial charge in [-0.25, -0.2) is 9.69 Å². The first-order chi connectivity index (χ1) is 23.9. The summed E-state index contributed by atoms with van der Waals surface area (Å²) in [6, 6.07) is 15.2. The number of halogens is 3. The van der Waals surface area contributed by atoms with Gasteiger partial charge in [0, 0.05) is 16.5 Å². The van der Waals surface area contributed by atoms with Crippen molar-refractivity contribution in [3.63, 3.8) is 0 Å². The Morgan fingerprint density at radius 2 is 1.66 bits per heavy atom. The molecule has 260 valence electrons. The molecule has 11 nitrogen and oxygen atoms in total. The van der Waals surface area contributed by atoms with Crippen molar-refractivity contribution in [1.29, 1.82) is 0 Å². The van der Waals surface area contributed by atoms with Crippen LogP contribution in [0.2, 0.25) is 0 Å². The second kappa shape index (κ2) is 14.0. The number of nitrogens with one attached hydrogen (secondary N) is 2. The molecule has 0 radical (unpaired) electrons. The summed E-state index contributed by atoms with van der Waals surface area (Å²) in [5, 5.41) is 1.90. The molecular weight excluding hydrogens is 700 g/mol. The number of hydrogen-bond donors (Lipinski definition) is 2. The van der Waals surface area contributed by atoms with E-state index in [0.717, 1.165) is 35.2 Å². The van der Waals surface area contributed by atoms with E-state index in [4.69, 9.17) is 14.2 Å². The molecule has 1 saturated heterocycles. The first-order valence-corrected chi connectivity index (χ1v) is 17.0. The average Bonchev–Trinajstić information content (AvgIpc) is 3.57. The van der Waals surface area contributed by atoms with E-state index in [1.54, 1.807) is 38.1 Å². The average molecular weight is 728 g/mol. The lowest BCUT2D eigenvalue weighted by molar-refractivity contribution is -0.137. The summed E-state index contributed by atoms with van der Waals surface area (Å²) in [6.07, 6.45) is -4.82. The number of esters is 1. The van der Waals surface area contributed by atoms with Gasteiger partial charge in [-0.1, -0.05) is 41.3 Å². The van der Waals surface area contributed by atoms with Crippen LogP contribution in [0.25, 0.3) is 0 Å². The van der Waals surface area contributed by atoms with E-state index in [1.807, 2.05) is 0 Å². The Morgan fingerprint density at radius 3 is 2.36 bits per heavy atom. The van der Waals surface area contributed by atoms with Gasteiger partial charge in [0.2, 0.25) is 11.8 Å². The van der Waals surface area contributed by atoms with Crippen LogP contribution in [-0.4, -0.2) is 53.7 Å². The molecule has 2 aliphatic rings. The van der Waals surface area contributed by atoms with Crippen molar-refractivity contribution >= 4 is 58.2 Å². The second-order valence-corrected chi connectivity index (χ2v) is 13.2. The molecule has 0 spiro atoms. The lowest BCUT2D eigenvalue weighted by Crippen LogP contribution is -2.33. The third-order valence-corrected chi connectivity index (χ3v) is 10.3. The molecule has 0 unspecified atom stereocenters. The smallest absolute Gasteiger partial charge is 0.418 e. The zero-order valence-corrected chi connectivity index (χ0v) is 28.0. The van der Waals surface area contributed by atoms with Crippen molar-refractivity contribution in [2.75, 3.05) is 30.0 Å². The Hall–Kier alpha value is -5.09. The molecule has 1 fully saturated rings. The van der Waals surface area contributed by atoms with Crippen molar-refractivity contribution in [3.8, 4) is 11.5 Å². The Balaban J connectivity index is 1.27. The molecule has 3 heterocycles. The number of amides is 3. The third kappa shape index (κ3) is 6.72. The van der Waals surface area contributed by atoms with E-state index in [2.05, 4.69) is 10.3 Å². The number of H-pyrrole nitrogens is 1. The molecular formula is C34H28F3N3O8S2. The Labute approximate surface area is 290 Å². The number of hydrogen-bond acceptors (Lipinski definition) is 10. The Morgan fingerprint density at radius 1 is 0.920 bits per heavy atom. The van der Waals surface area contributed by atoms with E-state index in [1.165, 1.54) is 30.3 Å². The van der Waals surface area contributed by atoms with Crippen LogP contribution in [0, 0.1) is 5.92 Å². The molecule has 6 rings (SSSR count). The summed E-state index contributed by atoms with van der Waals surface area (Å²) in [6.45, 7) is 3.41. The molecule has 16 heteroatoms. The van der Waals surface area contributed by atoms with Crippen molar-refractivity contribution < 1.29 is 46.6 Å². The monoisotopic (exact) mass is 727 g/mol. The molecule has 0 bridgehead atoms. The Kier molecular flexibility index (Phi) is 9.75. The normalized spacial score (nSPS) is 18.3. The van der Waals surface area contributed by atoms with Crippen molar-refractivity contribution in [2.45, 2.75) is 36.2 Å². The molecule has 2 aliphatic heterocycles. The fourth-order valence-electron chi connectivity index (χ4n) is 5.87. The molecule has 2 N–H and O–H groups in total. The van der Waals surface area contributed by atoms with Crippen molar-refractivity contribution in [3.05, 3.63) is 98.0 Å². The van der Waals surface area contributed by atoms with E-state index in [9.17, 15) is 37.1 Å². The number of ether oxygens (including phenoxy) is 3. The lowest BCUT2D eigenvalue weighted by atomic mass is 9.83. The molecule has 50 heavy (non-hydrogen) atoms. The third-order valence-electron chi connectivity index (χ3n) is 7.94. The van der Waals surface area contributed by atoms with Crippen LogP contribution in [0.3, 0.4) is 0 Å². The van der Waals surface area contributed by atoms with E-state index in [-0.39, 0.29) is 24.7 Å². The van der Waals surface area contributed by atoms with Gasteiger partial charge >= 0.3 is 17.0 Å². The predicted molar refractivity (Wildman–Crippen MR) is 178 cm³/mol. The maximum atomic E-state index is 14.0. The van der Waals surface area contributed by atoms with Gasteiger partial charge in [-0.15, -0.1) is 0 Å². The van der Waals surface area contributed by atoms with Crippen LogP contribution >= 0.6 is 23.1 Å². The van der Waals surface area contributed by atoms with E-state index >= 15 is 0 Å². The first-order valence-electron chi connectivity index (χ1n) is 15.3. The molecule has 3 aromatic carbocycles. The topological polar surface area (TPSA) is 144 Å². The number of anilines is 2. The highest BCUT2D eigenvalue weighted by Crippen LogP contribution is 2.54. The van der Waals surface area contributed by atoms with Crippen LogP contribution in [-0.2, 0) is 25.3 Å². The number of fused-ring (bicyclic) bond motifs is 2. The van der Waals surface area contributed by atoms with Gasteiger partial charge in [0.05, 0.1) is 41.0 Å². The number of nitrogens with zero attached hydrogens (tertiary/aromatic N) is 1. The fraction of sp³-hybridized carbons (Fsp3) is 0.265. The van der Waals surface area contributed by atoms with Gasteiger partial charge < -0.3 is 24.5 Å². The minimum Gasteiger partial charge on any atom is -0.490 e. The second-order valence-electron chi connectivity index (χ2n) is 11.1. The number of rotatable bonds is 10. The Bertz CT molecular complexity index is 2030. The summed E-state index contributed by atoms with van der Waals surface area (Å²) in [4.78, 5) is 68.2. The van der Waals surface area contributed by atoms with Crippen molar-refractivity contribution in [2.24, 2.45) is 5.92 Å². The molecule has 3 atom stereocenters. The van der Waals surface area contributed by atoms with Crippen molar-refractivity contribution in [1.82, 2.24) is 4.98 Å². The first kappa shape index (κ1) is 34.8. The summed E-state index contributed by atoms with van der Waals surface area (Å²) < 4.78 is 58.4. The number of aromatic nitrogens is 1. The molecule has 1 aromatic heterocycles. The maximum absolute atomic E-state index is 14.0. The van der Waals surface area contributed by atoms with Crippen LogP contribution in [0.15, 0.2) is 76.6 Å². The molecule has 3 amide bonds. The number of aromatic amines is 1. The lowest BCUT2D eigenvalue weighted by Gasteiger charge is -2.30. The highest BCUT2D eigenvalue weighted by atomic mass is 32.2. The standard InChI is InChI=1S/C34H28F3N3O8S2/c1-3-46-23-15-18(11-14-22(23)48-16-24(41)38-19-12-9-17(10-13-19)32(44)47-4-2)25-26-28(49-29-27(25)50-33(45)39-29)31(43)40(30(26)42)21-8-6-5-7-20(21)34(35,36)37/h5-15,25-26,28H,3-4,16H2,1-2H3,(H,38,41)(H,39,45)/t25-,26-,28+/m0/s1. The zero-order valence-electron chi connectivity index (χ0n) is 26.4. The number of carbonyl (C=O) groups is 4. The summed E-state index contributed by atoms with van der Waals surface area (Å²) in [7, 11) is 0. The van der Waals surface area contributed by atoms with Crippen LogP contribution in [0.4, 0.5) is 24.5 Å². The summed E-state index contributed by atoms with van der Waals surface area (Å²) in [5.41, 5.74) is -0.492. The van der Waals surface area contributed by atoms with Gasteiger partial charge in [-0.3, -0.25) is 19.2 Å². The van der Waals surface area contributed by atoms with Gasteiger partial charge in [0.1, 0.15) is 5.25 Å². The van der Waals surface area contributed by atoms with Gasteiger partial charge in [-0.05, 0) is 67.9 Å². The molecule has 0 saturated carbocycles. The van der Waals surface area contributed by atoms with E-state index in [0.29, 0.717) is 31.6 Å². The maximum Gasteiger partial charge on any atom is 0.418 e. The van der Waals surface area contributed by atoms with Gasteiger partial charge in [-0.2, -0.15) is 13.2 Å². The van der Waals surface area contributed by atoms with Crippen LogP contribution in [0.5, 0.6) is 11.5 Å². The fourth-order valence-corrected chi connectivity index (χ4v) is 8.39. The highest BCUT2D eigenvalue weighted by Gasteiger charge is 2.57. The van der Waals surface area contributed by atoms with E-state index < -0.39 is 69.7 Å². The number of imide groups is 1. The zero-order chi connectivity index (χ0) is 35.7. The van der Waals surface area contributed by atoms with Crippen LogP contribution < -0.4 is 24.6 Å². The largest absolute Gasteiger partial charge is 0.490 e. The number of benzene rings is 3. The van der Waals surface area contributed by atoms with Crippen LogP contribution in [0.1, 0.15) is 46.1 Å². The number of thioether (sulfide) groups is 1. The minimum atomic E-state index is -4.82. The summed E-state index contributed by atoms with van der Waals surface area (Å²) in [5.74, 6) is -4.30. The van der Waals surface area contributed by atoms with Gasteiger partial charge in [0.25, 0.3) is 5.91 Å². The quantitative estimate of drug-likeness (QED) is 0.152. The number of para-hydroxylation sites is 1. The number of alkyl halides is 3. The highest BCUT2D eigenvalue weighted by molar-refractivity contribution is 8.00.